The molecule has 0 saturated carbocycles. The van der Waals surface area contributed by atoms with Gasteiger partial charge in [-0.05, 0) is 55.3 Å². The standard InChI is InChI=1S/C20H22ClNO4S/c1-2-26-19-9-5-16(6-10-19)20(23)22(18-11-12-27(24,25)14-18)13-15-3-7-17(21)8-4-15/h3-10,18H,2,11-14H2,1H3. The molecule has 0 radical (unpaired) electrons. The molecule has 1 saturated heterocycles. The lowest BCUT2D eigenvalue weighted by Gasteiger charge is -2.28. The molecule has 0 N–H and O–H groups in total. The van der Waals surface area contributed by atoms with E-state index in [1.54, 1.807) is 41.3 Å². The van der Waals surface area contributed by atoms with Crippen LogP contribution in [-0.2, 0) is 16.4 Å². The summed E-state index contributed by atoms with van der Waals surface area (Å²) in [4.78, 5) is 14.8. The van der Waals surface area contributed by atoms with Crippen molar-refractivity contribution in [2.24, 2.45) is 0 Å². The van der Waals surface area contributed by atoms with E-state index >= 15 is 0 Å². The molecule has 2 aromatic carbocycles. The Morgan fingerprint density at radius 3 is 2.37 bits per heavy atom. The van der Waals surface area contributed by atoms with Crippen molar-refractivity contribution >= 4 is 27.3 Å². The number of hydrogen-bond acceptors (Lipinski definition) is 4. The van der Waals surface area contributed by atoms with Gasteiger partial charge in [0.25, 0.3) is 5.91 Å². The van der Waals surface area contributed by atoms with Crippen LogP contribution in [0.1, 0.15) is 29.3 Å². The van der Waals surface area contributed by atoms with Gasteiger partial charge < -0.3 is 9.64 Å². The van der Waals surface area contributed by atoms with Crippen molar-refractivity contribution in [1.82, 2.24) is 4.90 Å². The SMILES string of the molecule is CCOc1ccc(C(=O)N(Cc2ccc(Cl)cc2)C2CCS(=O)(=O)C2)cc1. The molecule has 0 aliphatic carbocycles. The molecular weight excluding hydrogens is 386 g/mol. The first-order valence-corrected chi connectivity index (χ1v) is 11.1. The first kappa shape index (κ1) is 19.7. The van der Waals surface area contributed by atoms with Crippen molar-refractivity contribution in [2.45, 2.75) is 25.9 Å². The summed E-state index contributed by atoms with van der Waals surface area (Å²) in [5, 5.41) is 0.617. The maximum Gasteiger partial charge on any atom is 0.254 e. The van der Waals surface area contributed by atoms with Crippen molar-refractivity contribution in [1.29, 1.82) is 0 Å². The molecule has 144 valence electrons. The van der Waals surface area contributed by atoms with Crippen LogP contribution in [0.4, 0.5) is 0 Å². The molecule has 2 aromatic rings. The smallest absolute Gasteiger partial charge is 0.254 e. The summed E-state index contributed by atoms with van der Waals surface area (Å²) in [5.41, 5.74) is 1.42. The topological polar surface area (TPSA) is 63.7 Å². The number of carbonyl (C=O) groups excluding carboxylic acids is 1. The number of sulfone groups is 1. The molecule has 1 heterocycles. The molecule has 1 unspecified atom stereocenters. The summed E-state index contributed by atoms with van der Waals surface area (Å²) >= 11 is 5.94. The summed E-state index contributed by atoms with van der Waals surface area (Å²) in [6.45, 7) is 2.78. The number of benzene rings is 2. The monoisotopic (exact) mass is 407 g/mol. The van der Waals surface area contributed by atoms with Crippen LogP contribution in [0.3, 0.4) is 0 Å². The molecule has 27 heavy (non-hydrogen) atoms. The number of halogens is 1. The second-order valence-corrected chi connectivity index (χ2v) is 9.24. The number of carbonyl (C=O) groups is 1. The molecule has 0 spiro atoms. The Morgan fingerprint density at radius 2 is 1.81 bits per heavy atom. The lowest BCUT2D eigenvalue weighted by atomic mass is 10.1. The third-order valence-corrected chi connectivity index (χ3v) is 6.59. The fraction of sp³-hybridized carbons (Fsp3) is 0.350. The van der Waals surface area contributed by atoms with E-state index in [1.165, 1.54) is 0 Å². The Labute approximate surface area is 164 Å². The zero-order chi connectivity index (χ0) is 19.4. The highest BCUT2D eigenvalue weighted by Gasteiger charge is 2.35. The lowest BCUT2D eigenvalue weighted by molar-refractivity contribution is 0.0681. The average Bonchev–Trinajstić information content (AvgIpc) is 3.01. The number of hydrogen-bond donors (Lipinski definition) is 0. The Balaban J connectivity index is 1.86. The van der Waals surface area contributed by atoms with E-state index in [-0.39, 0.29) is 23.5 Å². The predicted octanol–water partition coefficient (Wildman–Crippen LogP) is 3.57. The second kappa shape index (κ2) is 8.31. The summed E-state index contributed by atoms with van der Waals surface area (Å²) in [5.74, 6) is 0.631. The van der Waals surface area contributed by atoms with Crippen molar-refractivity contribution in [3.8, 4) is 5.75 Å². The van der Waals surface area contributed by atoms with E-state index in [2.05, 4.69) is 0 Å². The molecule has 1 aliphatic rings. The quantitative estimate of drug-likeness (QED) is 0.734. The zero-order valence-electron chi connectivity index (χ0n) is 15.1. The van der Waals surface area contributed by atoms with Crippen molar-refractivity contribution < 1.29 is 17.9 Å². The van der Waals surface area contributed by atoms with Gasteiger partial charge in [-0.25, -0.2) is 8.42 Å². The van der Waals surface area contributed by atoms with Gasteiger partial charge in [0, 0.05) is 23.2 Å². The van der Waals surface area contributed by atoms with Crippen LogP contribution in [0, 0.1) is 0 Å². The van der Waals surface area contributed by atoms with E-state index in [1.807, 2.05) is 19.1 Å². The normalized spacial score (nSPS) is 18.2. The maximum atomic E-state index is 13.1. The first-order chi connectivity index (χ1) is 12.9. The van der Waals surface area contributed by atoms with Crippen molar-refractivity contribution in [3.05, 3.63) is 64.7 Å². The Kier molecular flexibility index (Phi) is 6.07. The van der Waals surface area contributed by atoms with Gasteiger partial charge in [0.1, 0.15) is 5.75 Å². The number of rotatable bonds is 6. The van der Waals surface area contributed by atoms with Gasteiger partial charge in [-0.3, -0.25) is 4.79 Å². The van der Waals surface area contributed by atoms with Crippen molar-refractivity contribution in [3.63, 3.8) is 0 Å². The number of nitrogens with zero attached hydrogens (tertiary/aromatic N) is 1. The number of amides is 1. The van der Waals surface area contributed by atoms with Gasteiger partial charge in [0.2, 0.25) is 0 Å². The number of ether oxygens (including phenoxy) is 1. The van der Waals surface area contributed by atoms with Crippen LogP contribution < -0.4 is 4.74 Å². The molecular formula is C20H22ClNO4S. The van der Waals surface area contributed by atoms with Gasteiger partial charge in [-0.1, -0.05) is 23.7 Å². The van der Waals surface area contributed by atoms with E-state index < -0.39 is 9.84 Å². The molecule has 0 aromatic heterocycles. The van der Waals surface area contributed by atoms with Gasteiger partial charge in [0.05, 0.1) is 18.1 Å². The van der Waals surface area contributed by atoms with E-state index in [4.69, 9.17) is 16.3 Å². The predicted molar refractivity (Wildman–Crippen MR) is 106 cm³/mol. The van der Waals surface area contributed by atoms with Crippen LogP contribution in [-0.4, -0.2) is 43.4 Å². The lowest BCUT2D eigenvalue weighted by Crippen LogP contribution is -2.40. The maximum absolute atomic E-state index is 13.1. The molecule has 1 atom stereocenters. The highest BCUT2D eigenvalue weighted by molar-refractivity contribution is 7.91. The third-order valence-electron chi connectivity index (χ3n) is 4.59. The summed E-state index contributed by atoms with van der Waals surface area (Å²) in [7, 11) is -3.10. The highest BCUT2D eigenvalue weighted by Crippen LogP contribution is 2.24. The van der Waals surface area contributed by atoms with Gasteiger partial charge in [-0.15, -0.1) is 0 Å². The molecule has 1 amide bonds. The fourth-order valence-corrected chi connectivity index (χ4v) is 5.06. The minimum absolute atomic E-state index is 0.00333. The second-order valence-electron chi connectivity index (χ2n) is 6.57. The third kappa shape index (κ3) is 5.02. The highest BCUT2D eigenvalue weighted by atomic mass is 35.5. The largest absolute Gasteiger partial charge is 0.494 e. The van der Waals surface area contributed by atoms with Crippen LogP contribution in [0.25, 0.3) is 0 Å². The van der Waals surface area contributed by atoms with Gasteiger partial charge in [0.15, 0.2) is 9.84 Å². The minimum Gasteiger partial charge on any atom is -0.494 e. The van der Waals surface area contributed by atoms with E-state index in [9.17, 15) is 13.2 Å². The summed E-state index contributed by atoms with van der Waals surface area (Å²) < 4.78 is 29.3. The summed E-state index contributed by atoms with van der Waals surface area (Å²) in [6.07, 6.45) is 0.457. The summed E-state index contributed by atoms with van der Waals surface area (Å²) in [6, 6.07) is 13.8. The van der Waals surface area contributed by atoms with Crippen LogP contribution in [0.5, 0.6) is 5.75 Å². The van der Waals surface area contributed by atoms with Crippen LogP contribution >= 0.6 is 11.6 Å². The van der Waals surface area contributed by atoms with Gasteiger partial charge in [-0.2, -0.15) is 0 Å². The van der Waals surface area contributed by atoms with E-state index in [0.29, 0.717) is 35.9 Å². The first-order valence-electron chi connectivity index (χ1n) is 8.86. The van der Waals surface area contributed by atoms with Crippen LogP contribution in [0.2, 0.25) is 5.02 Å². The molecule has 7 heteroatoms. The minimum atomic E-state index is -3.10. The zero-order valence-corrected chi connectivity index (χ0v) is 16.7. The Bertz CT molecular complexity index is 895. The average molecular weight is 408 g/mol. The molecule has 1 aliphatic heterocycles. The molecule has 5 nitrogen and oxygen atoms in total. The van der Waals surface area contributed by atoms with E-state index in [0.717, 1.165) is 5.56 Å². The molecule has 3 rings (SSSR count). The molecule has 0 bridgehead atoms. The Hall–Kier alpha value is -2.05. The van der Waals surface area contributed by atoms with Crippen LogP contribution in [0.15, 0.2) is 48.5 Å². The molecule has 1 fully saturated rings. The van der Waals surface area contributed by atoms with Gasteiger partial charge >= 0.3 is 0 Å². The fourth-order valence-electron chi connectivity index (χ4n) is 3.20. The Morgan fingerprint density at radius 1 is 1.15 bits per heavy atom. The van der Waals surface area contributed by atoms with Crippen molar-refractivity contribution in [2.75, 3.05) is 18.1 Å².